The number of carbonyl (C=O) groups excluding carboxylic acids is 2. The van der Waals surface area contributed by atoms with Gasteiger partial charge in [0.05, 0.1) is 12.1 Å². The molecule has 0 saturated carbocycles. The van der Waals surface area contributed by atoms with Crippen molar-refractivity contribution in [2.24, 2.45) is 7.05 Å². The average Bonchev–Trinajstić information content (AvgIpc) is 3.00. The topological polar surface area (TPSA) is 85.2 Å². The SMILES string of the molecule is COc1cccc(NC(=O)c2cccc(NC(=O)c3nn(C)cc3Cl)c2)c1. The van der Waals surface area contributed by atoms with Gasteiger partial charge >= 0.3 is 0 Å². The minimum absolute atomic E-state index is 0.116. The molecule has 1 aromatic heterocycles. The van der Waals surface area contributed by atoms with Crippen LogP contribution in [0.15, 0.2) is 54.7 Å². The lowest BCUT2D eigenvalue weighted by Crippen LogP contribution is -2.15. The molecule has 3 rings (SSSR count). The first-order valence-corrected chi connectivity index (χ1v) is 8.40. The van der Waals surface area contributed by atoms with Gasteiger partial charge in [-0.1, -0.05) is 23.7 Å². The molecule has 0 radical (unpaired) electrons. The maximum absolute atomic E-state index is 12.5. The largest absolute Gasteiger partial charge is 0.497 e. The second-order valence-corrected chi connectivity index (χ2v) is 6.13. The molecule has 0 fully saturated rings. The fourth-order valence-corrected chi connectivity index (χ4v) is 2.71. The number of carbonyl (C=O) groups is 2. The van der Waals surface area contributed by atoms with Crippen LogP contribution in [-0.2, 0) is 7.05 Å². The molecule has 2 amide bonds. The van der Waals surface area contributed by atoms with E-state index in [-0.39, 0.29) is 16.6 Å². The zero-order valence-corrected chi connectivity index (χ0v) is 15.4. The molecule has 0 spiro atoms. The second kappa shape index (κ2) is 7.92. The summed E-state index contributed by atoms with van der Waals surface area (Å²) in [6.07, 6.45) is 1.54. The van der Waals surface area contributed by atoms with E-state index in [1.54, 1.807) is 62.7 Å². The van der Waals surface area contributed by atoms with Gasteiger partial charge in [-0.25, -0.2) is 0 Å². The third-order valence-corrected chi connectivity index (χ3v) is 3.99. The summed E-state index contributed by atoms with van der Waals surface area (Å²) < 4.78 is 6.59. The smallest absolute Gasteiger partial charge is 0.277 e. The Balaban J connectivity index is 1.73. The van der Waals surface area contributed by atoms with Crippen LogP contribution in [-0.4, -0.2) is 28.7 Å². The Labute approximate surface area is 160 Å². The van der Waals surface area contributed by atoms with E-state index in [4.69, 9.17) is 16.3 Å². The summed E-state index contributed by atoms with van der Waals surface area (Å²) in [5.74, 6) is -0.123. The predicted octanol–water partition coefficient (Wildman–Crippen LogP) is 3.59. The Morgan fingerprint density at radius 3 is 2.37 bits per heavy atom. The first kappa shape index (κ1) is 18.5. The minimum atomic E-state index is -0.453. The molecular weight excluding hydrogens is 368 g/mol. The second-order valence-electron chi connectivity index (χ2n) is 5.72. The fourth-order valence-electron chi connectivity index (χ4n) is 2.45. The summed E-state index contributed by atoms with van der Waals surface area (Å²) in [4.78, 5) is 24.8. The first-order valence-electron chi connectivity index (χ1n) is 8.02. The van der Waals surface area contributed by atoms with Crippen LogP contribution in [0.5, 0.6) is 5.75 Å². The van der Waals surface area contributed by atoms with Gasteiger partial charge in [-0.3, -0.25) is 14.3 Å². The molecule has 7 nitrogen and oxygen atoms in total. The highest BCUT2D eigenvalue weighted by Gasteiger charge is 2.15. The number of nitrogens with zero attached hydrogens (tertiary/aromatic N) is 2. The van der Waals surface area contributed by atoms with Crippen molar-refractivity contribution in [3.8, 4) is 5.75 Å². The third kappa shape index (κ3) is 4.45. The van der Waals surface area contributed by atoms with Gasteiger partial charge in [0.2, 0.25) is 0 Å². The molecule has 2 aromatic carbocycles. The number of nitrogens with one attached hydrogen (secondary N) is 2. The van der Waals surface area contributed by atoms with Crippen LogP contribution in [0.2, 0.25) is 5.02 Å². The Morgan fingerprint density at radius 2 is 1.70 bits per heavy atom. The van der Waals surface area contributed by atoms with E-state index < -0.39 is 5.91 Å². The van der Waals surface area contributed by atoms with E-state index in [1.165, 1.54) is 10.9 Å². The number of anilines is 2. The normalized spacial score (nSPS) is 10.3. The molecule has 1 heterocycles. The van der Waals surface area contributed by atoms with E-state index in [2.05, 4.69) is 15.7 Å². The highest BCUT2D eigenvalue weighted by atomic mass is 35.5. The lowest BCUT2D eigenvalue weighted by molar-refractivity contribution is 0.101. The molecule has 0 aliphatic carbocycles. The van der Waals surface area contributed by atoms with Crippen molar-refractivity contribution in [2.45, 2.75) is 0 Å². The van der Waals surface area contributed by atoms with Gasteiger partial charge in [-0.2, -0.15) is 5.10 Å². The number of hydrogen-bond donors (Lipinski definition) is 2. The third-order valence-electron chi connectivity index (χ3n) is 3.71. The van der Waals surface area contributed by atoms with Crippen molar-refractivity contribution in [1.82, 2.24) is 9.78 Å². The van der Waals surface area contributed by atoms with E-state index >= 15 is 0 Å². The van der Waals surface area contributed by atoms with Gasteiger partial charge in [-0.05, 0) is 30.3 Å². The van der Waals surface area contributed by atoms with Crippen molar-refractivity contribution in [1.29, 1.82) is 0 Å². The van der Waals surface area contributed by atoms with Crippen LogP contribution in [0.4, 0.5) is 11.4 Å². The standard InChI is InChI=1S/C19H17ClN4O3/c1-24-11-16(20)17(23-24)19(26)22-13-6-3-5-12(9-13)18(25)21-14-7-4-8-15(10-14)27-2/h3-11H,1-2H3,(H,21,25)(H,22,26). The summed E-state index contributed by atoms with van der Waals surface area (Å²) >= 11 is 5.98. The molecule has 0 aliphatic rings. The number of hydrogen-bond acceptors (Lipinski definition) is 4. The minimum Gasteiger partial charge on any atom is -0.497 e. The maximum atomic E-state index is 12.5. The molecule has 8 heteroatoms. The van der Waals surface area contributed by atoms with Gasteiger partial charge < -0.3 is 15.4 Å². The molecule has 0 unspecified atom stereocenters. The first-order chi connectivity index (χ1) is 13.0. The molecule has 0 saturated heterocycles. The zero-order valence-electron chi connectivity index (χ0n) is 14.7. The molecule has 0 atom stereocenters. The number of aryl methyl sites for hydroxylation is 1. The summed E-state index contributed by atoms with van der Waals surface area (Å²) in [7, 11) is 3.23. The van der Waals surface area contributed by atoms with Crippen molar-refractivity contribution >= 4 is 34.8 Å². The summed E-state index contributed by atoms with van der Waals surface area (Å²) in [5.41, 5.74) is 1.57. The summed E-state index contributed by atoms with van der Waals surface area (Å²) in [5, 5.41) is 9.75. The number of amides is 2. The molecular formula is C19H17ClN4O3. The van der Waals surface area contributed by atoms with Crippen LogP contribution in [0, 0.1) is 0 Å². The molecule has 3 aromatic rings. The number of halogens is 1. The predicted molar refractivity (Wildman–Crippen MR) is 104 cm³/mol. The van der Waals surface area contributed by atoms with Crippen LogP contribution in [0.3, 0.4) is 0 Å². The van der Waals surface area contributed by atoms with Crippen molar-refractivity contribution in [3.63, 3.8) is 0 Å². The van der Waals surface area contributed by atoms with E-state index in [1.807, 2.05) is 0 Å². The highest BCUT2D eigenvalue weighted by Crippen LogP contribution is 2.19. The number of methoxy groups -OCH3 is 1. The van der Waals surface area contributed by atoms with Crippen LogP contribution in [0.25, 0.3) is 0 Å². The van der Waals surface area contributed by atoms with Crippen molar-refractivity contribution < 1.29 is 14.3 Å². The average molecular weight is 385 g/mol. The Bertz CT molecular complexity index is 1000. The molecule has 2 N–H and O–H groups in total. The van der Waals surface area contributed by atoms with Gasteiger partial charge in [0, 0.05) is 36.2 Å². The highest BCUT2D eigenvalue weighted by molar-refractivity contribution is 6.34. The van der Waals surface area contributed by atoms with E-state index in [0.717, 1.165) is 0 Å². The summed E-state index contributed by atoms with van der Waals surface area (Å²) in [6.45, 7) is 0. The molecule has 138 valence electrons. The lowest BCUT2D eigenvalue weighted by atomic mass is 10.1. The number of aromatic nitrogens is 2. The van der Waals surface area contributed by atoms with Gasteiger partial charge in [0.25, 0.3) is 11.8 Å². The van der Waals surface area contributed by atoms with Gasteiger partial charge in [0.1, 0.15) is 5.75 Å². The number of benzene rings is 2. The van der Waals surface area contributed by atoms with Crippen molar-refractivity contribution in [2.75, 3.05) is 17.7 Å². The van der Waals surface area contributed by atoms with Crippen LogP contribution < -0.4 is 15.4 Å². The fraction of sp³-hybridized carbons (Fsp3) is 0.105. The van der Waals surface area contributed by atoms with Gasteiger partial charge in [0.15, 0.2) is 5.69 Å². The molecule has 0 aliphatic heterocycles. The monoisotopic (exact) mass is 384 g/mol. The van der Waals surface area contributed by atoms with Crippen LogP contribution in [0.1, 0.15) is 20.8 Å². The molecule has 27 heavy (non-hydrogen) atoms. The van der Waals surface area contributed by atoms with Gasteiger partial charge in [-0.15, -0.1) is 0 Å². The Kier molecular flexibility index (Phi) is 5.42. The Hall–Kier alpha value is -3.32. The molecule has 0 bridgehead atoms. The van der Waals surface area contributed by atoms with Crippen LogP contribution >= 0.6 is 11.6 Å². The quantitative estimate of drug-likeness (QED) is 0.704. The maximum Gasteiger partial charge on any atom is 0.277 e. The number of rotatable bonds is 5. The summed E-state index contributed by atoms with van der Waals surface area (Å²) in [6, 6.07) is 13.6. The lowest BCUT2D eigenvalue weighted by Gasteiger charge is -2.09. The zero-order chi connectivity index (χ0) is 19.4. The Morgan fingerprint density at radius 1 is 1.04 bits per heavy atom. The number of ether oxygens (including phenoxy) is 1. The van der Waals surface area contributed by atoms with Crippen molar-refractivity contribution in [3.05, 3.63) is 71.0 Å². The van der Waals surface area contributed by atoms with E-state index in [0.29, 0.717) is 22.7 Å². The van der Waals surface area contributed by atoms with E-state index in [9.17, 15) is 9.59 Å².